The zero-order valence-corrected chi connectivity index (χ0v) is 11.1. The van der Waals surface area contributed by atoms with Crippen molar-refractivity contribution in [3.8, 4) is 0 Å². The van der Waals surface area contributed by atoms with Gasteiger partial charge in [-0.15, -0.1) is 0 Å². The summed E-state index contributed by atoms with van der Waals surface area (Å²) in [5.74, 6) is -0.102. The molecule has 1 unspecified atom stereocenters. The van der Waals surface area contributed by atoms with E-state index in [1.165, 1.54) is 0 Å². The van der Waals surface area contributed by atoms with Crippen LogP contribution in [0.5, 0.6) is 0 Å². The molecule has 0 radical (unpaired) electrons. The molecule has 1 atom stereocenters. The molecule has 2 heterocycles. The summed E-state index contributed by atoms with van der Waals surface area (Å²) in [5.41, 5.74) is 2.57. The summed E-state index contributed by atoms with van der Waals surface area (Å²) in [6.45, 7) is 1.69. The average Bonchev–Trinajstić information content (AvgIpc) is 2.47. The highest BCUT2D eigenvalue weighted by molar-refractivity contribution is 5.98. The molecular formula is C14H17N3O3. The first kappa shape index (κ1) is 13.1. The smallest absolute Gasteiger partial charge is 0.243 e. The maximum Gasteiger partial charge on any atom is 0.243 e. The lowest BCUT2D eigenvalue weighted by Crippen LogP contribution is -2.48. The van der Waals surface area contributed by atoms with E-state index in [2.05, 4.69) is 16.0 Å². The van der Waals surface area contributed by atoms with Crippen LogP contribution in [0.4, 0.5) is 11.4 Å². The van der Waals surface area contributed by atoms with Gasteiger partial charge in [0, 0.05) is 24.3 Å². The molecule has 1 saturated heterocycles. The summed E-state index contributed by atoms with van der Waals surface area (Å²) < 4.78 is 5.27. The number of aryl methyl sites for hydroxylation is 1. The fourth-order valence-electron chi connectivity index (χ4n) is 2.41. The third-order valence-corrected chi connectivity index (χ3v) is 3.51. The molecule has 0 spiro atoms. The van der Waals surface area contributed by atoms with Crippen molar-refractivity contribution in [2.75, 3.05) is 30.4 Å². The van der Waals surface area contributed by atoms with Crippen molar-refractivity contribution in [2.45, 2.75) is 18.9 Å². The lowest BCUT2D eigenvalue weighted by Gasteiger charge is -2.23. The Morgan fingerprint density at radius 1 is 1.35 bits per heavy atom. The van der Waals surface area contributed by atoms with Crippen LogP contribution in [0, 0.1) is 0 Å². The van der Waals surface area contributed by atoms with Crippen molar-refractivity contribution in [2.24, 2.45) is 0 Å². The summed E-state index contributed by atoms with van der Waals surface area (Å²) in [7, 11) is 0. The Hall–Kier alpha value is -1.92. The number of benzene rings is 1. The molecule has 0 aliphatic carbocycles. The minimum absolute atomic E-state index is 0.0170. The van der Waals surface area contributed by atoms with E-state index in [1.807, 2.05) is 12.1 Å². The molecule has 3 N–H and O–H groups in total. The zero-order valence-electron chi connectivity index (χ0n) is 11.1. The quantitative estimate of drug-likeness (QED) is 0.734. The minimum atomic E-state index is -0.325. The molecule has 0 aromatic heterocycles. The fraction of sp³-hybridized carbons (Fsp3) is 0.429. The second-order valence-electron chi connectivity index (χ2n) is 4.99. The van der Waals surface area contributed by atoms with E-state index < -0.39 is 0 Å². The van der Waals surface area contributed by atoms with Gasteiger partial charge in [0.25, 0.3) is 0 Å². The van der Waals surface area contributed by atoms with Crippen molar-refractivity contribution < 1.29 is 14.3 Å². The number of hydrogen-bond donors (Lipinski definition) is 3. The monoisotopic (exact) mass is 275 g/mol. The number of ether oxygens (including phenoxy) is 1. The highest BCUT2D eigenvalue weighted by Gasteiger charge is 2.22. The lowest BCUT2D eigenvalue weighted by atomic mass is 10.0. The standard InChI is InChI=1S/C14H17N3O3/c18-13-4-2-9-1-3-10(7-11(9)17-13)16-14(19)12-8-20-6-5-15-12/h1,3,7,12,15H,2,4-6,8H2,(H,16,19)(H,17,18). The fourth-order valence-corrected chi connectivity index (χ4v) is 2.41. The second-order valence-corrected chi connectivity index (χ2v) is 4.99. The van der Waals surface area contributed by atoms with E-state index in [0.29, 0.717) is 31.9 Å². The van der Waals surface area contributed by atoms with Crippen LogP contribution in [0.2, 0.25) is 0 Å². The van der Waals surface area contributed by atoms with Crippen LogP contribution in [0.1, 0.15) is 12.0 Å². The van der Waals surface area contributed by atoms with Crippen molar-refractivity contribution in [1.82, 2.24) is 5.32 Å². The molecule has 1 aromatic rings. The number of rotatable bonds is 2. The van der Waals surface area contributed by atoms with E-state index in [1.54, 1.807) is 6.07 Å². The third kappa shape index (κ3) is 2.81. The van der Waals surface area contributed by atoms with Gasteiger partial charge in [-0.1, -0.05) is 6.07 Å². The van der Waals surface area contributed by atoms with Crippen LogP contribution in [-0.4, -0.2) is 37.6 Å². The van der Waals surface area contributed by atoms with Crippen molar-refractivity contribution in [3.05, 3.63) is 23.8 Å². The van der Waals surface area contributed by atoms with E-state index in [9.17, 15) is 9.59 Å². The van der Waals surface area contributed by atoms with Gasteiger partial charge in [0.05, 0.1) is 13.2 Å². The molecule has 2 aliphatic rings. The highest BCUT2D eigenvalue weighted by atomic mass is 16.5. The minimum Gasteiger partial charge on any atom is -0.378 e. The van der Waals surface area contributed by atoms with Crippen molar-refractivity contribution in [1.29, 1.82) is 0 Å². The number of hydrogen-bond acceptors (Lipinski definition) is 4. The Bertz CT molecular complexity index is 538. The van der Waals surface area contributed by atoms with Crippen LogP contribution < -0.4 is 16.0 Å². The number of fused-ring (bicyclic) bond motifs is 1. The maximum atomic E-state index is 12.1. The van der Waals surface area contributed by atoms with Crippen molar-refractivity contribution >= 4 is 23.2 Å². The van der Waals surface area contributed by atoms with E-state index in [4.69, 9.17) is 4.74 Å². The van der Waals surface area contributed by atoms with Gasteiger partial charge in [-0.05, 0) is 24.1 Å². The summed E-state index contributed by atoms with van der Waals surface area (Å²) >= 11 is 0. The summed E-state index contributed by atoms with van der Waals surface area (Å²) in [5, 5.41) is 8.77. The van der Waals surface area contributed by atoms with Crippen LogP contribution in [0.15, 0.2) is 18.2 Å². The Kier molecular flexibility index (Phi) is 3.66. The van der Waals surface area contributed by atoms with Gasteiger partial charge in [0.2, 0.25) is 11.8 Å². The summed E-state index contributed by atoms with van der Waals surface area (Å²) in [6.07, 6.45) is 1.26. The van der Waals surface area contributed by atoms with Gasteiger partial charge < -0.3 is 20.7 Å². The van der Waals surface area contributed by atoms with Crippen LogP contribution in [-0.2, 0) is 20.7 Å². The molecule has 2 aliphatic heterocycles. The number of nitrogens with one attached hydrogen (secondary N) is 3. The average molecular weight is 275 g/mol. The number of anilines is 2. The molecule has 6 nitrogen and oxygen atoms in total. The summed E-state index contributed by atoms with van der Waals surface area (Å²) in [6, 6.07) is 5.27. The maximum absolute atomic E-state index is 12.1. The van der Waals surface area contributed by atoms with Gasteiger partial charge >= 0.3 is 0 Å². The number of carbonyl (C=O) groups excluding carboxylic acids is 2. The molecule has 106 valence electrons. The molecule has 1 fully saturated rings. The topological polar surface area (TPSA) is 79.5 Å². The lowest BCUT2D eigenvalue weighted by molar-refractivity contribution is -0.120. The Balaban J connectivity index is 1.69. The molecule has 1 aromatic carbocycles. The second kappa shape index (κ2) is 5.60. The Morgan fingerprint density at radius 2 is 2.25 bits per heavy atom. The van der Waals surface area contributed by atoms with E-state index >= 15 is 0 Å². The third-order valence-electron chi connectivity index (χ3n) is 3.51. The van der Waals surface area contributed by atoms with Crippen LogP contribution >= 0.6 is 0 Å². The van der Waals surface area contributed by atoms with E-state index in [0.717, 1.165) is 17.7 Å². The number of morpholine rings is 1. The van der Waals surface area contributed by atoms with Crippen LogP contribution in [0.25, 0.3) is 0 Å². The van der Waals surface area contributed by atoms with E-state index in [-0.39, 0.29) is 17.9 Å². The molecule has 6 heteroatoms. The normalized spacial score (nSPS) is 21.8. The highest BCUT2D eigenvalue weighted by Crippen LogP contribution is 2.25. The van der Waals surface area contributed by atoms with Gasteiger partial charge in [-0.3, -0.25) is 9.59 Å². The molecule has 3 rings (SSSR count). The first-order valence-electron chi connectivity index (χ1n) is 6.77. The van der Waals surface area contributed by atoms with Gasteiger partial charge in [0.15, 0.2) is 0 Å². The molecule has 20 heavy (non-hydrogen) atoms. The summed E-state index contributed by atoms with van der Waals surface area (Å²) in [4.78, 5) is 23.4. The van der Waals surface area contributed by atoms with Gasteiger partial charge in [0.1, 0.15) is 6.04 Å². The largest absolute Gasteiger partial charge is 0.378 e. The van der Waals surface area contributed by atoms with Gasteiger partial charge in [-0.2, -0.15) is 0 Å². The first-order chi connectivity index (χ1) is 9.72. The van der Waals surface area contributed by atoms with Gasteiger partial charge in [-0.25, -0.2) is 0 Å². The Morgan fingerprint density at radius 3 is 3.05 bits per heavy atom. The molecule has 2 amide bonds. The zero-order chi connectivity index (χ0) is 13.9. The SMILES string of the molecule is O=C1CCc2ccc(NC(=O)C3COCCN3)cc2N1. The molecule has 0 saturated carbocycles. The predicted molar refractivity (Wildman–Crippen MR) is 74.6 cm³/mol. The Labute approximate surface area is 116 Å². The molecule has 0 bridgehead atoms. The first-order valence-corrected chi connectivity index (χ1v) is 6.77. The number of amides is 2. The van der Waals surface area contributed by atoms with Crippen LogP contribution in [0.3, 0.4) is 0 Å². The predicted octanol–water partition coefficient (Wildman–Crippen LogP) is 0.498. The molecular weight excluding hydrogens is 258 g/mol. The number of carbonyl (C=O) groups is 2. The van der Waals surface area contributed by atoms with Crippen molar-refractivity contribution in [3.63, 3.8) is 0 Å².